The van der Waals surface area contributed by atoms with Crippen LogP contribution in [0.3, 0.4) is 0 Å². The molecule has 33 heavy (non-hydrogen) atoms. The van der Waals surface area contributed by atoms with Crippen LogP contribution in [0, 0.1) is 11.8 Å². The van der Waals surface area contributed by atoms with Crippen molar-refractivity contribution < 1.29 is 45.0 Å². The van der Waals surface area contributed by atoms with Gasteiger partial charge in [0, 0.05) is 0 Å². The average molecular weight is 460 g/mol. The molecule has 1 saturated carbocycles. The largest absolute Gasteiger partial charge is 0.508 e. The molecule has 8 N–H and O–H groups in total. The van der Waals surface area contributed by atoms with Gasteiger partial charge in [0.15, 0.2) is 11.4 Å². The van der Waals surface area contributed by atoms with Gasteiger partial charge < -0.3 is 36.4 Å². The number of benzene rings is 1. The Labute approximate surface area is 187 Å². The second-order valence-corrected chi connectivity index (χ2v) is 9.06. The first-order valence-corrected chi connectivity index (χ1v) is 10.1. The number of aliphatic hydroxyl groups is 5. The number of nitrogens with two attached hydrogens (primary N) is 1. The molecule has 0 bridgehead atoms. The van der Waals surface area contributed by atoms with Gasteiger partial charge in [-0.2, -0.15) is 0 Å². The first-order valence-electron chi connectivity index (χ1n) is 10.1. The van der Waals surface area contributed by atoms with Crippen LogP contribution in [-0.4, -0.2) is 84.9 Å². The molecule has 0 saturated heterocycles. The van der Waals surface area contributed by atoms with Crippen molar-refractivity contribution in [3.63, 3.8) is 0 Å². The van der Waals surface area contributed by atoms with Crippen molar-refractivity contribution in [2.24, 2.45) is 17.6 Å². The lowest BCUT2D eigenvalue weighted by molar-refractivity contribution is -0.181. The molecule has 3 aliphatic rings. The summed E-state index contributed by atoms with van der Waals surface area (Å²) in [6, 6.07) is 2.50. The Morgan fingerprint density at radius 2 is 1.73 bits per heavy atom. The summed E-state index contributed by atoms with van der Waals surface area (Å²) in [5.74, 6) is -9.67. The van der Waals surface area contributed by atoms with Gasteiger partial charge in [-0.05, 0) is 32.6 Å². The molecular weight excluding hydrogens is 436 g/mol. The Kier molecular flexibility index (Phi) is 4.78. The highest BCUT2D eigenvalue weighted by molar-refractivity contribution is 6.24. The lowest BCUT2D eigenvalue weighted by Crippen LogP contribution is -2.71. The molecule has 11 nitrogen and oxygen atoms in total. The van der Waals surface area contributed by atoms with Gasteiger partial charge in [-0.1, -0.05) is 12.1 Å². The van der Waals surface area contributed by atoms with Crippen molar-refractivity contribution in [2.45, 2.75) is 30.3 Å². The van der Waals surface area contributed by atoms with E-state index >= 15 is 0 Å². The number of amides is 1. The Bertz CT molecular complexity index is 1180. The first-order chi connectivity index (χ1) is 15.2. The number of fused-ring (bicyclic) bond motifs is 3. The molecule has 5 unspecified atom stereocenters. The fourth-order valence-corrected chi connectivity index (χ4v) is 5.60. The second kappa shape index (κ2) is 6.87. The fourth-order valence-electron chi connectivity index (χ4n) is 5.60. The number of nitrogens with zero attached hydrogens (tertiary/aromatic N) is 1. The number of hydrogen-bond acceptors (Lipinski definition) is 10. The van der Waals surface area contributed by atoms with Crippen molar-refractivity contribution in [1.82, 2.24) is 4.90 Å². The third kappa shape index (κ3) is 2.61. The van der Waals surface area contributed by atoms with Crippen molar-refractivity contribution >= 4 is 23.2 Å². The van der Waals surface area contributed by atoms with Gasteiger partial charge in [-0.3, -0.25) is 19.3 Å². The second-order valence-electron chi connectivity index (χ2n) is 9.06. The number of hydrogen-bond donors (Lipinski definition) is 7. The Balaban J connectivity index is 2.11. The predicted octanol–water partition coefficient (Wildman–Crippen LogP) is -1.40. The highest BCUT2D eigenvalue weighted by atomic mass is 16.4. The summed E-state index contributed by atoms with van der Waals surface area (Å²) in [5, 5.41) is 66.3. The zero-order chi connectivity index (χ0) is 24.8. The standard InChI is InChI=1S/C22H24N2O9/c1-21(32)7-5-4-6-8(25)9(7)15(26)10-12(21)17(28)13-14(24(2)3)16(27)11(20(23)31)19(30)22(13,33)18(10)29/h4-6,12-14,17,25-26,28,30,32-33H,1-3H3,(H2,23,31)/t12?,13?,14?,17?,21-,22?/m1/s1. The van der Waals surface area contributed by atoms with E-state index in [0.29, 0.717) is 0 Å². The SMILES string of the molecule is CN(C)C1C(=O)C(C(N)=O)=C(O)C2(O)C(=O)C3=C(O)c4c(O)cccc4[C@@](C)(O)C3C(O)C12. The molecule has 1 fully saturated rings. The lowest BCUT2D eigenvalue weighted by atomic mass is 9.53. The van der Waals surface area contributed by atoms with E-state index in [-0.39, 0.29) is 11.1 Å². The summed E-state index contributed by atoms with van der Waals surface area (Å²) >= 11 is 0. The topological polar surface area (TPSA) is 202 Å². The van der Waals surface area contributed by atoms with Crippen molar-refractivity contribution in [3.05, 3.63) is 46.2 Å². The molecule has 0 aliphatic heterocycles. The van der Waals surface area contributed by atoms with Crippen LogP contribution in [0.1, 0.15) is 18.1 Å². The number of Topliss-reactive ketones (excluding diaryl/α,β-unsaturated/α-hetero) is 2. The van der Waals surface area contributed by atoms with E-state index in [0.717, 1.165) is 0 Å². The molecule has 176 valence electrons. The third-order valence-corrected chi connectivity index (χ3v) is 7.03. The lowest BCUT2D eigenvalue weighted by Gasteiger charge is -2.55. The normalized spacial score (nSPS) is 36.0. The Morgan fingerprint density at radius 3 is 2.27 bits per heavy atom. The summed E-state index contributed by atoms with van der Waals surface area (Å²) < 4.78 is 0. The molecule has 1 aromatic carbocycles. The molecule has 0 aromatic heterocycles. The third-order valence-electron chi connectivity index (χ3n) is 7.03. The molecule has 1 aromatic rings. The van der Waals surface area contributed by atoms with E-state index in [2.05, 4.69) is 0 Å². The Hall–Kier alpha value is -3.25. The molecule has 0 radical (unpaired) electrons. The van der Waals surface area contributed by atoms with Crippen LogP contribution in [-0.2, 0) is 20.0 Å². The first kappa shape index (κ1) is 22.9. The maximum Gasteiger partial charge on any atom is 0.255 e. The number of ketones is 2. The van der Waals surface area contributed by atoms with E-state index < -0.39 is 81.1 Å². The molecule has 3 aliphatic carbocycles. The highest BCUT2D eigenvalue weighted by Crippen LogP contribution is 2.57. The highest BCUT2D eigenvalue weighted by Gasteiger charge is 2.70. The number of aliphatic hydroxyl groups excluding tert-OH is 3. The molecule has 11 heteroatoms. The van der Waals surface area contributed by atoms with Crippen LogP contribution in [0.2, 0.25) is 0 Å². The summed E-state index contributed by atoms with van der Waals surface area (Å²) in [5.41, 5.74) is -1.78. The molecule has 6 atom stereocenters. The number of primary amides is 1. The van der Waals surface area contributed by atoms with Crippen molar-refractivity contribution in [3.8, 4) is 5.75 Å². The zero-order valence-electron chi connectivity index (χ0n) is 18.0. The molecule has 4 rings (SSSR count). The van der Waals surface area contributed by atoms with Crippen LogP contribution in [0.25, 0.3) is 5.76 Å². The van der Waals surface area contributed by atoms with Gasteiger partial charge in [0.2, 0.25) is 5.78 Å². The van der Waals surface area contributed by atoms with Crippen LogP contribution in [0.5, 0.6) is 5.75 Å². The molecule has 1 amide bonds. The van der Waals surface area contributed by atoms with E-state index in [1.54, 1.807) is 0 Å². The van der Waals surface area contributed by atoms with Gasteiger partial charge >= 0.3 is 0 Å². The van der Waals surface area contributed by atoms with Crippen LogP contribution in [0.4, 0.5) is 0 Å². The number of likely N-dealkylation sites (N-methyl/N-ethyl adjacent to an activating group) is 1. The van der Waals surface area contributed by atoms with Crippen LogP contribution < -0.4 is 5.73 Å². The minimum Gasteiger partial charge on any atom is -0.508 e. The summed E-state index contributed by atoms with van der Waals surface area (Å²) in [6.07, 6.45) is -1.87. The Morgan fingerprint density at radius 1 is 1.12 bits per heavy atom. The minimum absolute atomic E-state index is 0.00664. The average Bonchev–Trinajstić information content (AvgIpc) is 2.70. The van der Waals surface area contributed by atoms with E-state index in [1.165, 1.54) is 44.1 Å². The number of phenolic OH excluding ortho intramolecular Hbond substituents is 1. The summed E-state index contributed by atoms with van der Waals surface area (Å²) in [4.78, 5) is 39.9. The van der Waals surface area contributed by atoms with Crippen LogP contribution in [0.15, 0.2) is 35.1 Å². The number of phenols is 1. The molecule has 0 heterocycles. The molecule has 0 spiro atoms. The number of aromatic hydroxyl groups is 1. The predicted molar refractivity (Wildman–Crippen MR) is 112 cm³/mol. The monoisotopic (exact) mass is 460 g/mol. The van der Waals surface area contributed by atoms with Gasteiger partial charge in [0.05, 0.1) is 40.7 Å². The zero-order valence-corrected chi connectivity index (χ0v) is 18.0. The van der Waals surface area contributed by atoms with Crippen molar-refractivity contribution in [2.75, 3.05) is 14.1 Å². The van der Waals surface area contributed by atoms with Gasteiger partial charge in [0.1, 0.15) is 22.8 Å². The van der Waals surface area contributed by atoms with Gasteiger partial charge in [-0.15, -0.1) is 0 Å². The minimum atomic E-state index is -3.02. The number of carbonyl (C=O) groups excluding carboxylic acids is 3. The van der Waals surface area contributed by atoms with Crippen molar-refractivity contribution in [1.29, 1.82) is 0 Å². The fraction of sp³-hybridized carbons (Fsp3) is 0.409. The van der Waals surface area contributed by atoms with E-state index in [1.807, 2.05) is 0 Å². The number of rotatable bonds is 2. The van der Waals surface area contributed by atoms with Gasteiger partial charge in [-0.25, -0.2) is 0 Å². The van der Waals surface area contributed by atoms with Crippen LogP contribution >= 0.6 is 0 Å². The smallest absolute Gasteiger partial charge is 0.255 e. The maximum atomic E-state index is 13.7. The summed E-state index contributed by atoms with van der Waals surface area (Å²) in [7, 11) is 2.80. The van der Waals surface area contributed by atoms with E-state index in [9.17, 15) is 45.0 Å². The van der Waals surface area contributed by atoms with Gasteiger partial charge in [0.25, 0.3) is 5.91 Å². The summed E-state index contributed by atoms with van der Waals surface area (Å²) in [6.45, 7) is 1.25. The molecular formula is C22H24N2O9. The quantitative estimate of drug-likeness (QED) is 0.257. The number of carbonyl (C=O) groups is 3. The maximum absolute atomic E-state index is 13.7. The van der Waals surface area contributed by atoms with E-state index in [4.69, 9.17) is 5.73 Å².